The lowest BCUT2D eigenvalue weighted by molar-refractivity contribution is -0.0868. The van der Waals surface area contributed by atoms with E-state index >= 15 is 0 Å². The second-order valence-electron chi connectivity index (χ2n) is 2.71. The van der Waals surface area contributed by atoms with Crippen molar-refractivity contribution in [1.29, 1.82) is 0 Å². The van der Waals surface area contributed by atoms with Crippen LogP contribution in [0.25, 0.3) is 0 Å². The maximum atomic E-state index is 12.0. The quantitative estimate of drug-likeness (QED) is 0.629. The Labute approximate surface area is 93.9 Å². The second-order valence-corrected chi connectivity index (χ2v) is 3.56. The van der Waals surface area contributed by atoms with Gasteiger partial charge in [0.1, 0.15) is 0 Å². The number of hydrogen-bond donors (Lipinski definition) is 0. The van der Waals surface area contributed by atoms with Gasteiger partial charge in [0.2, 0.25) is 0 Å². The highest BCUT2D eigenvalue weighted by molar-refractivity contribution is 9.10. The van der Waals surface area contributed by atoms with E-state index in [9.17, 15) is 13.2 Å². The zero-order valence-corrected chi connectivity index (χ0v) is 9.11. The van der Waals surface area contributed by atoms with Crippen molar-refractivity contribution in [1.82, 2.24) is 0 Å². The summed E-state index contributed by atoms with van der Waals surface area (Å²) in [4.78, 5) is 0. The van der Waals surface area contributed by atoms with E-state index in [4.69, 9.17) is 0 Å². The van der Waals surface area contributed by atoms with Crippen LogP contribution in [0.5, 0.6) is 0 Å². The Morgan fingerprint density at radius 2 is 1.87 bits per heavy atom. The van der Waals surface area contributed by atoms with Crippen LogP contribution in [0.1, 0.15) is 5.56 Å². The van der Waals surface area contributed by atoms with Gasteiger partial charge < -0.3 is 0 Å². The van der Waals surface area contributed by atoms with Gasteiger partial charge in [0, 0.05) is 10.0 Å². The van der Waals surface area contributed by atoms with Crippen LogP contribution in [0.3, 0.4) is 0 Å². The smallest absolute Gasteiger partial charge is 0.165 e. The van der Waals surface area contributed by atoms with E-state index < -0.39 is 11.7 Å². The van der Waals surface area contributed by atoms with Crippen molar-refractivity contribution in [2.75, 3.05) is 0 Å². The molecule has 0 saturated carbocycles. The van der Waals surface area contributed by atoms with Gasteiger partial charge in [-0.25, -0.2) is 0 Å². The predicted molar refractivity (Wildman–Crippen MR) is 56.2 cm³/mol. The lowest BCUT2D eigenvalue weighted by Gasteiger charge is -2.01. The summed E-state index contributed by atoms with van der Waals surface area (Å²) < 4.78 is 36.8. The standard InChI is InChI=1S/C11H6BrF3/c1-8(11(13,14)15)6-7-9-4-2-3-5-10(9)12/h2-5H,1H2. The minimum Gasteiger partial charge on any atom is -0.165 e. The Kier molecular flexibility index (Phi) is 3.59. The summed E-state index contributed by atoms with van der Waals surface area (Å²) >= 11 is 3.18. The minimum absolute atomic E-state index is 0.503. The van der Waals surface area contributed by atoms with E-state index in [1.54, 1.807) is 24.3 Å². The normalized spacial score (nSPS) is 10.4. The Bertz CT molecular complexity index is 435. The van der Waals surface area contributed by atoms with Crippen LogP contribution in [0.2, 0.25) is 0 Å². The van der Waals surface area contributed by atoms with Crippen LogP contribution in [0.15, 0.2) is 40.9 Å². The number of benzene rings is 1. The molecule has 0 N–H and O–H groups in total. The minimum atomic E-state index is -4.45. The molecule has 0 nitrogen and oxygen atoms in total. The Morgan fingerprint density at radius 3 is 2.40 bits per heavy atom. The molecule has 0 fully saturated rings. The van der Waals surface area contributed by atoms with Crippen LogP contribution in [0.4, 0.5) is 13.2 Å². The molecule has 1 rings (SSSR count). The van der Waals surface area contributed by atoms with Gasteiger partial charge in [-0.1, -0.05) is 30.6 Å². The molecule has 0 bridgehead atoms. The number of allylic oxidation sites excluding steroid dienone is 1. The summed E-state index contributed by atoms with van der Waals surface area (Å²) in [5.74, 6) is 4.38. The zero-order chi connectivity index (χ0) is 11.5. The first-order valence-corrected chi connectivity index (χ1v) is 4.73. The molecule has 1 aromatic rings. The number of halogens is 4. The van der Waals surface area contributed by atoms with Crippen LogP contribution >= 0.6 is 15.9 Å². The van der Waals surface area contributed by atoms with Gasteiger partial charge in [-0.15, -0.1) is 0 Å². The third-order valence-electron chi connectivity index (χ3n) is 1.56. The summed E-state index contributed by atoms with van der Waals surface area (Å²) in [7, 11) is 0. The summed E-state index contributed by atoms with van der Waals surface area (Å²) in [6.45, 7) is 2.86. The summed E-state index contributed by atoms with van der Waals surface area (Å²) in [6.07, 6.45) is -4.45. The molecule has 0 aliphatic carbocycles. The molecule has 0 radical (unpaired) electrons. The van der Waals surface area contributed by atoms with Crippen LogP contribution < -0.4 is 0 Å². The average molecular weight is 275 g/mol. The Morgan fingerprint density at radius 1 is 1.27 bits per heavy atom. The average Bonchev–Trinajstić information content (AvgIpc) is 2.14. The molecule has 78 valence electrons. The van der Waals surface area contributed by atoms with Gasteiger partial charge in [0.15, 0.2) is 0 Å². The second kappa shape index (κ2) is 4.54. The Balaban J connectivity index is 2.93. The fourth-order valence-electron chi connectivity index (χ4n) is 0.776. The molecular weight excluding hydrogens is 269 g/mol. The lowest BCUT2D eigenvalue weighted by atomic mass is 10.2. The SMILES string of the molecule is C=C(C#Cc1ccccc1Br)C(F)(F)F. The molecule has 0 saturated heterocycles. The van der Waals surface area contributed by atoms with Gasteiger partial charge >= 0.3 is 6.18 Å². The molecule has 0 aliphatic heterocycles. The lowest BCUT2D eigenvalue weighted by Crippen LogP contribution is -2.08. The topological polar surface area (TPSA) is 0 Å². The van der Waals surface area contributed by atoms with E-state index in [2.05, 4.69) is 28.4 Å². The first-order chi connectivity index (χ1) is 6.91. The number of hydrogen-bond acceptors (Lipinski definition) is 0. The monoisotopic (exact) mass is 274 g/mol. The van der Waals surface area contributed by atoms with Crippen molar-refractivity contribution in [3.8, 4) is 11.8 Å². The highest BCUT2D eigenvalue weighted by Crippen LogP contribution is 2.23. The van der Waals surface area contributed by atoms with Crippen molar-refractivity contribution in [3.05, 3.63) is 46.5 Å². The maximum Gasteiger partial charge on any atom is 0.423 e. The van der Waals surface area contributed by atoms with Crippen LogP contribution in [-0.4, -0.2) is 6.18 Å². The number of rotatable bonds is 0. The fraction of sp³-hybridized carbons (Fsp3) is 0.0909. The molecule has 0 amide bonds. The van der Waals surface area contributed by atoms with Crippen molar-refractivity contribution < 1.29 is 13.2 Å². The van der Waals surface area contributed by atoms with E-state index in [1.165, 1.54) is 0 Å². The van der Waals surface area contributed by atoms with E-state index in [1.807, 2.05) is 5.92 Å². The molecule has 1 aromatic carbocycles. The van der Waals surface area contributed by atoms with Crippen molar-refractivity contribution in [2.45, 2.75) is 6.18 Å². The van der Waals surface area contributed by atoms with Crippen molar-refractivity contribution in [2.24, 2.45) is 0 Å². The zero-order valence-electron chi connectivity index (χ0n) is 7.53. The van der Waals surface area contributed by atoms with Gasteiger partial charge in [-0.2, -0.15) is 13.2 Å². The van der Waals surface area contributed by atoms with Gasteiger partial charge in [0.05, 0.1) is 5.57 Å². The molecule has 0 aliphatic rings. The number of alkyl halides is 3. The van der Waals surface area contributed by atoms with Crippen molar-refractivity contribution >= 4 is 15.9 Å². The molecule has 0 aromatic heterocycles. The van der Waals surface area contributed by atoms with Crippen LogP contribution in [0, 0.1) is 11.8 Å². The molecular formula is C11H6BrF3. The maximum absolute atomic E-state index is 12.0. The molecule has 0 heterocycles. The molecule has 0 unspecified atom stereocenters. The van der Waals surface area contributed by atoms with Gasteiger partial charge in [0.25, 0.3) is 0 Å². The van der Waals surface area contributed by atoms with E-state index in [0.717, 1.165) is 0 Å². The predicted octanol–water partition coefficient (Wildman–Crippen LogP) is 3.92. The van der Waals surface area contributed by atoms with Crippen molar-refractivity contribution in [3.63, 3.8) is 0 Å². The van der Waals surface area contributed by atoms with Gasteiger partial charge in [-0.05, 0) is 28.1 Å². The summed E-state index contributed by atoms with van der Waals surface area (Å²) in [5.41, 5.74) is -0.541. The molecule has 4 heteroatoms. The molecule has 0 atom stereocenters. The first kappa shape index (κ1) is 11.9. The Hall–Kier alpha value is -1.21. The molecule has 15 heavy (non-hydrogen) atoms. The highest BCUT2D eigenvalue weighted by atomic mass is 79.9. The molecule has 0 spiro atoms. The third kappa shape index (κ3) is 3.45. The third-order valence-corrected chi connectivity index (χ3v) is 2.26. The fourth-order valence-corrected chi connectivity index (χ4v) is 1.16. The summed E-state index contributed by atoms with van der Waals surface area (Å²) in [5, 5.41) is 0. The highest BCUT2D eigenvalue weighted by Gasteiger charge is 2.30. The summed E-state index contributed by atoms with van der Waals surface area (Å²) in [6, 6.07) is 6.79. The van der Waals surface area contributed by atoms with Gasteiger partial charge in [-0.3, -0.25) is 0 Å². The largest absolute Gasteiger partial charge is 0.423 e. The van der Waals surface area contributed by atoms with Crippen LogP contribution in [-0.2, 0) is 0 Å². The van der Waals surface area contributed by atoms with E-state index in [-0.39, 0.29) is 0 Å². The van der Waals surface area contributed by atoms with E-state index in [0.29, 0.717) is 10.0 Å². The first-order valence-electron chi connectivity index (χ1n) is 3.94.